The maximum Gasteiger partial charge on any atom is 0.470 e. The number of rotatable bonds is 4. The van der Waals surface area contributed by atoms with Crippen LogP contribution < -0.4 is 5.32 Å². The molecule has 1 fully saturated rings. The van der Waals surface area contributed by atoms with Gasteiger partial charge in [0, 0.05) is 6.92 Å². The molecule has 112 valence electrons. The standard InChI is InChI=1S/C8H16NO9P/c1-3(11)9-5-7(18-19(14,15)16)6(12)4(2-10)17-8(5)13/h4-8,10,12-13H,2H2,1H3,(H,9,11)(H2,14,15,16)/t4?,5-,6+,7?,8+/m0/s1. The van der Waals surface area contributed by atoms with Crippen LogP contribution in [0.15, 0.2) is 0 Å². The summed E-state index contributed by atoms with van der Waals surface area (Å²) in [4.78, 5) is 28.5. The highest BCUT2D eigenvalue weighted by molar-refractivity contribution is 7.46. The van der Waals surface area contributed by atoms with Crippen molar-refractivity contribution in [3.8, 4) is 0 Å². The predicted molar refractivity (Wildman–Crippen MR) is 58.5 cm³/mol. The van der Waals surface area contributed by atoms with Crippen LogP contribution in [0.4, 0.5) is 0 Å². The van der Waals surface area contributed by atoms with Gasteiger partial charge in [0.1, 0.15) is 24.4 Å². The van der Waals surface area contributed by atoms with E-state index in [1.54, 1.807) is 0 Å². The molecule has 0 aliphatic carbocycles. The van der Waals surface area contributed by atoms with Gasteiger partial charge in [0.2, 0.25) is 5.91 Å². The molecule has 10 nitrogen and oxygen atoms in total. The molecule has 0 spiro atoms. The minimum Gasteiger partial charge on any atom is -0.394 e. The molecule has 1 rings (SSSR count). The van der Waals surface area contributed by atoms with Crippen LogP contribution in [-0.2, 0) is 18.6 Å². The molecule has 1 aliphatic rings. The molecule has 1 saturated heterocycles. The van der Waals surface area contributed by atoms with Crippen molar-refractivity contribution >= 4 is 13.7 Å². The van der Waals surface area contributed by atoms with E-state index < -0.39 is 51.0 Å². The van der Waals surface area contributed by atoms with Gasteiger partial charge in [-0.05, 0) is 0 Å². The third kappa shape index (κ3) is 4.48. The Balaban J connectivity index is 2.96. The zero-order valence-corrected chi connectivity index (χ0v) is 10.8. The number of hydrogen-bond acceptors (Lipinski definition) is 7. The molecule has 6 N–H and O–H groups in total. The average molecular weight is 301 g/mol. The Kier molecular flexibility index (Phi) is 5.42. The van der Waals surface area contributed by atoms with Gasteiger partial charge in [0.25, 0.3) is 0 Å². The van der Waals surface area contributed by atoms with E-state index in [1.807, 2.05) is 0 Å². The molecule has 11 heteroatoms. The van der Waals surface area contributed by atoms with E-state index in [4.69, 9.17) is 19.6 Å². The van der Waals surface area contributed by atoms with Crippen LogP contribution in [0.3, 0.4) is 0 Å². The molecular formula is C8H16NO9P. The highest BCUT2D eigenvalue weighted by Gasteiger charge is 2.48. The first-order valence-corrected chi connectivity index (χ1v) is 6.82. The number of amides is 1. The van der Waals surface area contributed by atoms with Crippen LogP contribution in [0, 0.1) is 0 Å². The number of nitrogens with one attached hydrogen (secondary N) is 1. The smallest absolute Gasteiger partial charge is 0.394 e. The maximum absolute atomic E-state index is 11.0. The number of aliphatic hydroxyl groups is 3. The Labute approximate surface area is 108 Å². The SMILES string of the molecule is CC(=O)N[C@H]1C(OP(=O)(O)O)[C@H](O)C(CO)O[C@H]1O. The summed E-state index contributed by atoms with van der Waals surface area (Å²) >= 11 is 0. The summed E-state index contributed by atoms with van der Waals surface area (Å²) in [6.45, 7) is 0.401. The van der Waals surface area contributed by atoms with Gasteiger partial charge >= 0.3 is 7.82 Å². The summed E-state index contributed by atoms with van der Waals surface area (Å²) in [5.41, 5.74) is 0. The number of carbonyl (C=O) groups is 1. The van der Waals surface area contributed by atoms with Crippen LogP contribution in [0.25, 0.3) is 0 Å². The summed E-state index contributed by atoms with van der Waals surface area (Å²) < 4.78 is 20.0. The second kappa shape index (κ2) is 6.25. The van der Waals surface area contributed by atoms with Crippen molar-refractivity contribution in [2.24, 2.45) is 0 Å². The number of ether oxygens (including phenoxy) is 1. The zero-order valence-electron chi connectivity index (χ0n) is 9.91. The quantitative estimate of drug-likeness (QED) is 0.297. The maximum atomic E-state index is 11.0. The topological polar surface area (TPSA) is 166 Å². The Morgan fingerprint density at radius 2 is 2.00 bits per heavy atom. The number of aliphatic hydroxyl groups excluding tert-OH is 3. The molecule has 0 aromatic rings. The van der Waals surface area contributed by atoms with Crippen molar-refractivity contribution < 1.29 is 43.7 Å². The van der Waals surface area contributed by atoms with Crippen molar-refractivity contribution in [1.82, 2.24) is 5.32 Å². The van der Waals surface area contributed by atoms with Crippen LogP contribution in [0.2, 0.25) is 0 Å². The monoisotopic (exact) mass is 301 g/mol. The first-order valence-electron chi connectivity index (χ1n) is 5.29. The van der Waals surface area contributed by atoms with Crippen LogP contribution in [0.5, 0.6) is 0 Å². The minimum atomic E-state index is -4.98. The molecule has 0 bridgehead atoms. The summed E-state index contributed by atoms with van der Waals surface area (Å²) in [7, 11) is -4.98. The molecule has 19 heavy (non-hydrogen) atoms. The molecule has 1 amide bonds. The summed E-state index contributed by atoms with van der Waals surface area (Å²) in [6, 6.07) is -1.39. The molecule has 0 radical (unpaired) electrons. The number of carbonyl (C=O) groups excluding carboxylic acids is 1. The fourth-order valence-electron chi connectivity index (χ4n) is 1.76. The first-order chi connectivity index (χ1) is 8.65. The minimum absolute atomic E-state index is 0.624. The lowest BCUT2D eigenvalue weighted by Crippen LogP contribution is -2.64. The van der Waals surface area contributed by atoms with Crippen molar-refractivity contribution in [2.75, 3.05) is 6.61 Å². The van der Waals surface area contributed by atoms with Gasteiger partial charge < -0.3 is 35.2 Å². The number of phosphoric acid groups is 1. The van der Waals surface area contributed by atoms with Gasteiger partial charge in [-0.1, -0.05) is 0 Å². The van der Waals surface area contributed by atoms with Crippen molar-refractivity contribution in [2.45, 2.75) is 37.6 Å². The Hall–Kier alpha value is -0.580. The fourth-order valence-corrected chi connectivity index (χ4v) is 2.33. The summed E-state index contributed by atoms with van der Waals surface area (Å²) in [6.07, 6.45) is -6.26. The predicted octanol–water partition coefficient (Wildman–Crippen LogP) is -2.96. The molecule has 1 aliphatic heterocycles. The molecule has 5 atom stereocenters. The van der Waals surface area contributed by atoms with E-state index in [0.29, 0.717) is 0 Å². The highest BCUT2D eigenvalue weighted by Crippen LogP contribution is 2.41. The molecule has 1 heterocycles. The molecular weight excluding hydrogens is 285 g/mol. The molecule has 0 saturated carbocycles. The van der Waals surface area contributed by atoms with Crippen LogP contribution in [-0.4, -0.2) is 68.3 Å². The molecule has 2 unspecified atom stereocenters. The van der Waals surface area contributed by atoms with Crippen LogP contribution >= 0.6 is 7.82 Å². The van der Waals surface area contributed by atoms with Gasteiger partial charge in [-0.2, -0.15) is 0 Å². The summed E-state index contributed by atoms with van der Waals surface area (Å²) in [5.74, 6) is -0.624. The lowest BCUT2D eigenvalue weighted by atomic mass is 9.97. The van der Waals surface area contributed by atoms with E-state index in [0.717, 1.165) is 6.92 Å². The summed E-state index contributed by atoms with van der Waals surface area (Å²) in [5, 5.41) is 30.5. The van der Waals surface area contributed by atoms with E-state index >= 15 is 0 Å². The second-order valence-corrected chi connectivity index (χ2v) is 5.22. The zero-order chi connectivity index (χ0) is 14.8. The van der Waals surface area contributed by atoms with Gasteiger partial charge in [0.05, 0.1) is 6.61 Å². The lowest BCUT2D eigenvalue weighted by Gasteiger charge is -2.42. The van der Waals surface area contributed by atoms with Crippen molar-refractivity contribution in [3.05, 3.63) is 0 Å². The molecule has 0 aromatic carbocycles. The van der Waals surface area contributed by atoms with E-state index in [9.17, 15) is 19.6 Å². The van der Waals surface area contributed by atoms with Gasteiger partial charge in [-0.25, -0.2) is 4.57 Å². The van der Waals surface area contributed by atoms with Crippen molar-refractivity contribution in [1.29, 1.82) is 0 Å². The Bertz CT molecular complexity index is 371. The Morgan fingerprint density at radius 1 is 1.42 bits per heavy atom. The van der Waals surface area contributed by atoms with Crippen LogP contribution in [0.1, 0.15) is 6.92 Å². The van der Waals surface area contributed by atoms with Crippen molar-refractivity contribution in [3.63, 3.8) is 0 Å². The number of phosphoric ester groups is 1. The first kappa shape index (κ1) is 16.5. The van der Waals surface area contributed by atoms with E-state index in [1.165, 1.54) is 0 Å². The van der Waals surface area contributed by atoms with Gasteiger partial charge in [-0.3, -0.25) is 9.32 Å². The normalized spacial score (nSPS) is 36.0. The lowest BCUT2D eigenvalue weighted by molar-refractivity contribution is -0.251. The average Bonchev–Trinajstić information content (AvgIpc) is 2.26. The van der Waals surface area contributed by atoms with Gasteiger partial charge in [-0.15, -0.1) is 0 Å². The fraction of sp³-hybridized carbons (Fsp3) is 0.875. The largest absolute Gasteiger partial charge is 0.470 e. The van der Waals surface area contributed by atoms with Gasteiger partial charge in [0.15, 0.2) is 6.29 Å². The van der Waals surface area contributed by atoms with E-state index in [2.05, 4.69) is 9.84 Å². The van der Waals surface area contributed by atoms with E-state index in [-0.39, 0.29) is 0 Å². The highest BCUT2D eigenvalue weighted by atomic mass is 31.2. The third-order valence-electron chi connectivity index (χ3n) is 2.50. The third-order valence-corrected chi connectivity index (χ3v) is 3.02. The molecule has 0 aromatic heterocycles. The Morgan fingerprint density at radius 3 is 2.42 bits per heavy atom. The second-order valence-electron chi connectivity index (χ2n) is 4.03. The number of hydrogen-bond donors (Lipinski definition) is 6.